The van der Waals surface area contributed by atoms with Gasteiger partial charge in [0.2, 0.25) is 0 Å². The molecule has 2 nitrogen and oxygen atoms in total. The van der Waals surface area contributed by atoms with Crippen LogP contribution in [0.4, 0.5) is 0 Å². The molecule has 1 atom stereocenters. The molecule has 0 N–H and O–H groups in total. The maximum atomic E-state index is 11.0. The van der Waals surface area contributed by atoms with Crippen LogP contribution in [-0.4, -0.2) is 5.97 Å². The number of aryl methyl sites for hydroxylation is 1. The quantitative estimate of drug-likeness (QED) is 0.802. The molecule has 0 spiro atoms. The minimum absolute atomic E-state index is 0.327. The molecular formula is C16H23O2-. The van der Waals surface area contributed by atoms with Gasteiger partial charge in [-0.3, -0.25) is 0 Å². The van der Waals surface area contributed by atoms with Crippen LogP contribution in [0.5, 0.6) is 0 Å². The number of hydrogen-bond acceptors (Lipinski definition) is 2. The van der Waals surface area contributed by atoms with E-state index in [1.807, 2.05) is 12.1 Å². The molecule has 1 unspecified atom stereocenters. The molecular weight excluding hydrogens is 224 g/mol. The molecule has 0 heterocycles. The fourth-order valence-electron chi connectivity index (χ4n) is 2.49. The molecule has 1 aromatic rings. The maximum absolute atomic E-state index is 11.0. The van der Waals surface area contributed by atoms with Crippen LogP contribution in [0, 0.1) is 11.3 Å². The zero-order chi connectivity index (χ0) is 13.8. The minimum Gasteiger partial charge on any atom is -0.545 e. The molecule has 0 saturated heterocycles. The highest BCUT2D eigenvalue weighted by Crippen LogP contribution is 2.27. The van der Waals surface area contributed by atoms with Crippen LogP contribution in [0.25, 0.3) is 0 Å². The number of aromatic carboxylic acids is 1. The summed E-state index contributed by atoms with van der Waals surface area (Å²) >= 11 is 0. The lowest BCUT2D eigenvalue weighted by molar-refractivity contribution is -0.255. The van der Waals surface area contributed by atoms with Gasteiger partial charge in [-0.2, -0.15) is 0 Å². The summed E-state index contributed by atoms with van der Waals surface area (Å²) in [4.78, 5) is 11.0. The van der Waals surface area contributed by atoms with Gasteiger partial charge in [0.05, 0.1) is 5.97 Å². The highest BCUT2D eigenvalue weighted by molar-refractivity contribution is 5.87. The highest BCUT2D eigenvalue weighted by Gasteiger charge is 2.15. The number of carboxylic acids is 1. The van der Waals surface area contributed by atoms with Gasteiger partial charge in [-0.15, -0.1) is 0 Å². The number of carbonyl (C=O) groups excluding carboxylic acids is 1. The van der Waals surface area contributed by atoms with E-state index in [4.69, 9.17) is 0 Å². The monoisotopic (exact) mass is 247 g/mol. The molecule has 0 aliphatic heterocycles. The van der Waals surface area contributed by atoms with Crippen molar-refractivity contribution < 1.29 is 9.90 Å². The van der Waals surface area contributed by atoms with E-state index in [9.17, 15) is 9.90 Å². The van der Waals surface area contributed by atoms with Crippen molar-refractivity contribution in [3.8, 4) is 0 Å². The molecule has 1 rings (SSSR count). The average molecular weight is 247 g/mol. The Kier molecular flexibility index (Phi) is 4.94. The largest absolute Gasteiger partial charge is 0.545 e. The van der Waals surface area contributed by atoms with E-state index >= 15 is 0 Å². The van der Waals surface area contributed by atoms with Crippen LogP contribution < -0.4 is 5.11 Å². The predicted molar refractivity (Wildman–Crippen MR) is 72.3 cm³/mol. The number of rotatable bonds is 5. The van der Waals surface area contributed by atoms with Crippen molar-refractivity contribution in [3.63, 3.8) is 0 Å². The lowest BCUT2D eigenvalue weighted by Crippen LogP contribution is -2.24. The summed E-state index contributed by atoms with van der Waals surface area (Å²) in [5, 5.41) is 11.0. The van der Waals surface area contributed by atoms with Gasteiger partial charge in [-0.25, -0.2) is 0 Å². The van der Waals surface area contributed by atoms with Crippen molar-refractivity contribution in [1.29, 1.82) is 0 Å². The van der Waals surface area contributed by atoms with Crippen LogP contribution in [0.3, 0.4) is 0 Å². The van der Waals surface area contributed by atoms with Gasteiger partial charge >= 0.3 is 0 Å². The van der Waals surface area contributed by atoms with Crippen molar-refractivity contribution in [2.75, 3.05) is 0 Å². The van der Waals surface area contributed by atoms with Gasteiger partial charge in [0.25, 0.3) is 0 Å². The predicted octanol–water partition coefficient (Wildman–Crippen LogP) is 3.06. The van der Waals surface area contributed by atoms with E-state index in [0.29, 0.717) is 16.9 Å². The summed E-state index contributed by atoms with van der Waals surface area (Å²) in [6.07, 6.45) is 2.98. The second kappa shape index (κ2) is 6.03. The van der Waals surface area contributed by atoms with Gasteiger partial charge in [0.1, 0.15) is 0 Å². The van der Waals surface area contributed by atoms with Gasteiger partial charge in [0.15, 0.2) is 0 Å². The number of benzene rings is 1. The third-order valence-electron chi connectivity index (χ3n) is 3.10. The zero-order valence-corrected chi connectivity index (χ0v) is 11.8. The number of carboxylic acid groups (broad SMARTS) is 1. The fraction of sp³-hybridized carbons (Fsp3) is 0.562. The standard InChI is InChI=1S/C16H24O2/c1-12(11-16(2,3)4)9-10-13-7-5-6-8-14(13)15(17)18/h5-8,12H,9-11H2,1-4H3,(H,17,18)/p-1. The topological polar surface area (TPSA) is 40.1 Å². The Morgan fingerprint density at radius 2 is 1.89 bits per heavy atom. The van der Waals surface area contributed by atoms with Crippen LogP contribution in [0.1, 0.15) is 56.5 Å². The Morgan fingerprint density at radius 1 is 1.28 bits per heavy atom. The van der Waals surface area contributed by atoms with E-state index in [0.717, 1.165) is 24.8 Å². The van der Waals surface area contributed by atoms with Crippen molar-refractivity contribution in [2.24, 2.45) is 11.3 Å². The Bertz CT molecular complexity index is 402. The van der Waals surface area contributed by atoms with Gasteiger partial charge in [0, 0.05) is 5.56 Å². The first-order valence-corrected chi connectivity index (χ1v) is 6.59. The van der Waals surface area contributed by atoms with E-state index in [1.54, 1.807) is 12.1 Å². The lowest BCUT2D eigenvalue weighted by atomic mass is 9.83. The molecule has 0 aliphatic carbocycles. The lowest BCUT2D eigenvalue weighted by Gasteiger charge is -2.23. The van der Waals surface area contributed by atoms with E-state index < -0.39 is 5.97 Å². The Hall–Kier alpha value is -1.31. The second-order valence-electron chi connectivity index (χ2n) is 6.35. The van der Waals surface area contributed by atoms with Crippen molar-refractivity contribution >= 4 is 5.97 Å². The Morgan fingerprint density at radius 3 is 2.44 bits per heavy atom. The molecule has 0 radical (unpaired) electrons. The van der Waals surface area contributed by atoms with Gasteiger partial charge in [-0.1, -0.05) is 52.0 Å². The van der Waals surface area contributed by atoms with Crippen molar-refractivity contribution in [1.82, 2.24) is 0 Å². The van der Waals surface area contributed by atoms with Crippen LogP contribution in [-0.2, 0) is 6.42 Å². The minimum atomic E-state index is -1.07. The van der Waals surface area contributed by atoms with Crippen LogP contribution in [0.15, 0.2) is 24.3 Å². The normalized spacial score (nSPS) is 13.3. The Labute approximate surface area is 110 Å². The summed E-state index contributed by atoms with van der Waals surface area (Å²) in [7, 11) is 0. The van der Waals surface area contributed by atoms with E-state index in [-0.39, 0.29) is 0 Å². The summed E-state index contributed by atoms with van der Waals surface area (Å²) in [6.45, 7) is 8.93. The average Bonchev–Trinajstić information content (AvgIpc) is 2.24. The summed E-state index contributed by atoms with van der Waals surface area (Å²) in [6, 6.07) is 7.14. The smallest absolute Gasteiger partial charge is 0.0718 e. The molecule has 0 fully saturated rings. The first kappa shape index (κ1) is 14.7. The third kappa shape index (κ3) is 4.91. The highest BCUT2D eigenvalue weighted by atomic mass is 16.4. The third-order valence-corrected chi connectivity index (χ3v) is 3.10. The van der Waals surface area contributed by atoms with Crippen LogP contribution in [0.2, 0.25) is 0 Å². The first-order valence-electron chi connectivity index (χ1n) is 6.59. The summed E-state index contributed by atoms with van der Waals surface area (Å²) in [5.74, 6) is -0.478. The molecule has 0 amide bonds. The van der Waals surface area contributed by atoms with Gasteiger partial charge < -0.3 is 9.90 Å². The first-order chi connectivity index (χ1) is 8.29. The second-order valence-corrected chi connectivity index (χ2v) is 6.35. The van der Waals surface area contributed by atoms with Crippen molar-refractivity contribution in [3.05, 3.63) is 35.4 Å². The molecule has 0 aliphatic rings. The van der Waals surface area contributed by atoms with Crippen molar-refractivity contribution in [2.45, 2.75) is 47.0 Å². The number of hydrogen-bond donors (Lipinski definition) is 0. The molecule has 1 aromatic carbocycles. The fourth-order valence-corrected chi connectivity index (χ4v) is 2.49. The molecule has 100 valence electrons. The molecule has 0 aromatic heterocycles. The molecule has 0 bridgehead atoms. The number of carbonyl (C=O) groups is 1. The van der Waals surface area contributed by atoms with Crippen LogP contribution >= 0.6 is 0 Å². The van der Waals surface area contributed by atoms with E-state index in [2.05, 4.69) is 27.7 Å². The summed E-state index contributed by atoms with van der Waals surface area (Å²) in [5.41, 5.74) is 1.55. The molecule has 2 heteroatoms. The van der Waals surface area contributed by atoms with E-state index in [1.165, 1.54) is 0 Å². The molecule has 0 saturated carbocycles. The molecule has 18 heavy (non-hydrogen) atoms. The van der Waals surface area contributed by atoms with Gasteiger partial charge in [-0.05, 0) is 36.2 Å². The Balaban J connectivity index is 2.61. The maximum Gasteiger partial charge on any atom is 0.0718 e. The zero-order valence-electron chi connectivity index (χ0n) is 11.8. The summed E-state index contributed by atoms with van der Waals surface area (Å²) < 4.78 is 0. The SMILES string of the molecule is CC(CCc1ccccc1C(=O)[O-])CC(C)(C)C.